The van der Waals surface area contributed by atoms with Crippen molar-refractivity contribution in [3.63, 3.8) is 0 Å². The zero-order chi connectivity index (χ0) is 13.0. The molecule has 0 radical (unpaired) electrons. The summed E-state index contributed by atoms with van der Waals surface area (Å²) in [6.07, 6.45) is 3.67. The molecule has 0 aromatic heterocycles. The Hall–Kier alpha value is -2.30. The molecule has 0 saturated heterocycles. The minimum Gasteiger partial charge on any atom is -0.493 e. The van der Waals surface area contributed by atoms with Crippen LogP contribution in [0.5, 0.6) is 5.75 Å². The molecule has 0 fully saturated rings. The first-order valence-electron chi connectivity index (χ1n) is 5.63. The molecule has 0 saturated carbocycles. The summed E-state index contributed by atoms with van der Waals surface area (Å²) in [6.45, 7) is 0.722. The van der Waals surface area contributed by atoms with Crippen molar-refractivity contribution in [3.05, 3.63) is 35.9 Å². The molecule has 1 amide bonds. The average molecular weight is 247 g/mol. The van der Waals surface area contributed by atoms with Crippen molar-refractivity contribution in [1.82, 2.24) is 0 Å². The van der Waals surface area contributed by atoms with Crippen LogP contribution < -0.4 is 10.1 Å². The molecule has 1 aromatic carbocycles. The third-order valence-electron chi connectivity index (χ3n) is 2.55. The van der Waals surface area contributed by atoms with E-state index in [1.165, 1.54) is 0 Å². The first-order chi connectivity index (χ1) is 8.65. The Morgan fingerprint density at radius 1 is 1.33 bits per heavy atom. The van der Waals surface area contributed by atoms with Crippen molar-refractivity contribution in [2.45, 2.75) is 12.8 Å². The molecule has 1 aromatic rings. The lowest BCUT2D eigenvalue weighted by atomic mass is 10.1. The van der Waals surface area contributed by atoms with Crippen LogP contribution in [0.15, 0.2) is 30.4 Å². The number of hydrogen-bond acceptors (Lipinski definition) is 3. The van der Waals surface area contributed by atoms with Crippen LogP contribution in [0.1, 0.15) is 12.0 Å². The first-order valence-corrected chi connectivity index (χ1v) is 5.63. The van der Waals surface area contributed by atoms with Gasteiger partial charge >= 0.3 is 5.97 Å². The highest BCUT2D eigenvalue weighted by Gasteiger charge is 2.10. The maximum atomic E-state index is 11.4. The van der Waals surface area contributed by atoms with E-state index >= 15 is 0 Å². The number of hydrogen-bond donors (Lipinski definition) is 2. The Morgan fingerprint density at radius 2 is 2.17 bits per heavy atom. The summed E-state index contributed by atoms with van der Waals surface area (Å²) in [7, 11) is 0. The lowest BCUT2D eigenvalue weighted by Crippen LogP contribution is -2.11. The zero-order valence-electron chi connectivity index (χ0n) is 9.68. The van der Waals surface area contributed by atoms with Gasteiger partial charge in [-0.3, -0.25) is 4.79 Å². The summed E-state index contributed by atoms with van der Waals surface area (Å²) in [4.78, 5) is 21.7. The number of ether oxygens (including phenoxy) is 1. The fourth-order valence-electron chi connectivity index (χ4n) is 1.77. The molecule has 1 aliphatic rings. The standard InChI is InChI=1S/C13H13NO4/c15-12(5-6-13(16)17)14-10-3-4-11-9(8-10)2-1-7-18-11/h3-6,8H,1-2,7H2,(H,14,15)(H,16,17)/b6-5+. The van der Waals surface area contributed by atoms with Crippen LogP contribution in [-0.4, -0.2) is 23.6 Å². The highest BCUT2D eigenvalue weighted by Crippen LogP contribution is 2.27. The summed E-state index contributed by atoms with van der Waals surface area (Å²) < 4.78 is 5.46. The van der Waals surface area contributed by atoms with Gasteiger partial charge in [0.2, 0.25) is 5.91 Å². The van der Waals surface area contributed by atoms with Gasteiger partial charge in [-0.15, -0.1) is 0 Å². The Morgan fingerprint density at radius 3 is 2.94 bits per heavy atom. The first kappa shape index (κ1) is 12.2. The second-order valence-electron chi connectivity index (χ2n) is 3.94. The van der Waals surface area contributed by atoms with Gasteiger partial charge in [0.25, 0.3) is 0 Å². The summed E-state index contributed by atoms with van der Waals surface area (Å²) in [5.74, 6) is -0.765. The van der Waals surface area contributed by atoms with Crippen molar-refractivity contribution in [3.8, 4) is 5.75 Å². The Labute approximate surface area is 104 Å². The van der Waals surface area contributed by atoms with Crippen molar-refractivity contribution < 1.29 is 19.4 Å². The largest absolute Gasteiger partial charge is 0.493 e. The molecule has 0 unspecified atom stereocenters. The Bertz CT molecular complexity index is 508. The van der Waals surface area contributed by atoms with Crippen molar-refractivity contribution >= 4 is 17.6 Å². The number of amides is 1. The molecule has 5 nitrogen and oxygen atoms in total. The third-order valence-corrected chi connectivity index (χ3v) is 2.55. The quantitative estimate of drug-likeness (QED) is 0.795. The number of benzene rings is 1. The van der Waals surface area contributed by atoms with Crippen LogP contribution >= 0.6 is 0 Å². The lowest BCUT2D eigenvalue weighted by Gasteiger charge is -2.17. The molecule has 94 valence electrons. The number of carbonyl (C=O) groups is 2. The SMILES string of the molecule is O=C(O)/C=C/C(=O)Nc1ccc2c(c1)CCCO2. The van der Waals surface area contributed by atoms with Crippen LogP contribution in [0.4, 0.5) is 5.69 Å². The van der Waals surface area contributed by atoms with Gasteiger partial charge in [-0.1, -0.05) is 0 Å². The molecule has 0 bridgehead atoms. The van der Waals surface area contributed by atoms with E-state index in [1.807, 2.05) is 12.1 Å². The Kier molecular flexibility index (Phi) is 3.62. The van der Waals surface area contributed by atoms with E-state index in [4.69, 9.17) is 9.84 Å². The number of anilines is 1. The second kappa shape index (κ2) is 5.35. The van der Waals surface area contributed by atoms with Crippen LogP contribution in [0.2, 0.25) is 0 Å². The van der Waals surface area contributed by atoms with Crippen molar-refractivity contribution in [1.29, 1.82) is 0 Å². The van der Waals surface area contributed by atoms with E-state index in [0.717, 1.165) is 42.9 Å². The van der Waals surface area contributed by atoms with E-state index in [2.05, 4.69) is 5.32 Å². The van der Waals surface area contributed by atoms with Gasteiger partial charge < -0.3 is 15.2 Å². The summed E-state index contributed by atoms with van der Waals surface area (Å²) in [5.41, 5.74) is 1.69. The number of carboxylic acid groups (broad SMARTS) is 1. The smallest absolute Gasteiger partial charge is 0.328 e. The minimum absolute atomic E-state index is 0.464. The summed E-state index contributed by atoms with van der Waals surface area (Å²) in [5, 5.41) is 11.0. The van der Waals surface area contributed by atoms with Gasteiger partial charge in [0, 0.05) is 17.8 Å². The predicted octanol–water partition coefficient (Wildman–Crippen LogP) is 1.59. The predicted molar refractivity (Wildman–Crippen MR) is 65.7 cm³/mol. The highest BCUT2D eigenvalue weighted by atomic mass is 16.5. The van der Waals surface area contributed by atoms with Crippen LogP contribution in [0, 0.1) is 0 Å². The van der Waals surface area contributed by atoms with Gasteiger partial charge in [0.05, 0.1) is 6.61 Å². The monoisotopic (exact) mass is 247 g/mol. The molecule has 1 aliphatic heterocycles. The van der Waals surface area contributed by atoms with Crippen molar-refractivity contribution in [2.75, 3.05) is 11.9 Å². The van der Waals surface area contributed by atoms with Gasteiger partial charge in [-0.25, -0.2) is 4.79 Å². The number of carboxylic acids is 1. The van der Waals surface area contributed by atoms with E-state index < -0.39 is 11.9 Å². The van der Waals surface area contributed by atoms with Gasteiger partial charge in [0.1, 0.15) is 5.75 Å². The number of rotatable bonds is 3. The lowest BCUT2D eigenvalue weighted by molar-refractivity contribution is -0.131. The van der Waals surface area contributed by atoms with Crippen LogP contribution in [0.3, 0.4) is 0 Å². The molecule has 2 N–H and O–H groups in total. The minimum atomic E-state index is -1.15. The van der Waals surface area contributed by atoms with E-state index in [9.17, 15) is 9.59 Å². The maximum Gasteiger partial charge on any atom is 0.328 e. The van der Waals surface area contributed by atoms with E-state index in [0.29, 0.717) is 5.69 Å². The van der Waals surface area contributed by atoms with Crippen LogP contribution in [-0.2, 0) is 16.0 Å². The molecule has 0 aliphatic carbocycles. The number of nitrogens with one attached hydrogen (secondary N) is 1. The van der Waals surface area contributed by atoms with Gasteiger partial charge in [0.15, 0.2) is 0 Å². The fraction of sp³-hybridized carbons (Fsp3) is 0.231. The van der Waals surface area contributed by atoms with Gasteiger partial charge in [-0.05, 0) is 36.6 Å². The molecule has 5 heteroatoms. The molecule has 18 heavy (non-hydrogen) atoms. The van der Waals surface area contributed by atoms with Crippen molar-refractivity contribution in [2.24, 2.45) is 0 Å². The topological polar surface area (TPSA) is 75.6 Å². The molecule has 2 rings (SSSR count). The maximum absolute atomic E-state index is 11.4. The third kappa shape index (κ3) is 3.10. The molecular formula is C13H13NO4. The highest BCUT2D eigenvalue weighted by molar-refractivity contribution is 6.02. The van der Waals surface area contributed by atoms with Crippen LogP contribution in [0.25, 0.3) is 0 Å². The van der Waals surface area contributed by atoms with E-state index in [1.54, 1.807) is 6.07 Å². The zero-order valence-corrected chi connectivity index (χ0v) is 9.68. The molecular weight excluding hydrogens is 234 g/mol. The number of aryl methyl sites for hydroxylation is 1. The normalized spacial score (nSPS) is 13.8. The summed E-state index contributed by atoms with van der Waals surface area (Å²) in [6, 6.07) is 5.39. The number of carbonyl (C=O) groups excluding carboxylic acids is 1. The number of fused-ring (bicyclic) bond motifs is 1. The Balaban J connectivity index is 2.06. The molecule has 0 atom stereocenters. The molecule has 1 heterocycles. The second-order valence-corrected chi connectivity index (χ2v) is 3.94. The summed E-state index contributed by atoms with van der Waals surface area (Å²) >= 11 is 0. The van der Waals surface area contributed by atoms with Gasteiger partial charge in [-0.2, -0.15) is 0 Å². The average Bonchev–Trinajstić information content (AvgIpc) is 2.36. The van der Waals surface area contributed by atoms with E-state index in [-0.39, 0.29) is 0 Å². The molecule has 0 spiro atoms. The fourth-order valence-corrected chi connectivity index (χ4v) is 1.77. The number of aliphatic carboxylic acids is 1.